The molecule has 0 aliphatic carbocycles. The average molecular weight is 415 g/mol. The molecule has 156 valence electrons. The largest absolute Gasteiger partial charge is 0.452 e. The Bertz CT molecular complexity index is 837. The summed E-state index contributed by atoms with van der Waals surface area (Å²) >= 11 is 0. The van der Waals surface area contributed by atoms with Crippen molar-refractivity contribution in [2.75, 3.05) is 20.1 Å². The number of carbonyl (C=O) groups excluding carboxylic acids is 3. The third-order valence-corrected chi connectivity index (χ3v) is 6.37. The molecule has 1 aromatic heterocycles. The van der Waals surface area contributed by atoms with Gasteiger partial charge in [0.15, 0.2) is 11.1 Å². The number of hydrogen-bond donors (Lipinski definition) is 2. The molecular weight excluding hydrogens is 390 g/mol. The van der Waals surface area contributed by atoms with Crippen molar-refractivity contribution in [2.45, 2.75) is 37.8 Å². The molecule has 2 heterocycles. The first-order valence-corrected chi connectivity index (χ1v) is 10.2. The second kappa shape index (κ2) is 8.69. The van der Waals surface area contributed by atoms with Crippen LogP contribution < -0.4 is 10.6 Å². The molecule has 0 spiro atoms. The average Bonchev–Trinajstić information content (AvgIpc) is 3.01. The first-order chi connectivity index (χ1) is 13.1. The lowest BCUT2D eigenvalue weighted by atomic mass is 9.98. The summed E-state index contributed by atoms with van der Waals surface area (Å²) in [5, 5.41) is 4.23. The van der Waals surface area contributed by atoms with Gasteiger partial charge in [0.2, 0.25) is 0 Å². The van der Waals surface area contributed by atoms with E-state index in [9.17, 15) is 22.8 Å². The number of imidazole rings is 1. The van der Waals surface area contributed by atoms with Crippen molar-refractivity contribution in [3.05, 3.63) is 12.0 Å². The standard InChI is InChI=1S/C16H25N5O6S/c1-10(14(22)19-16(24)17-3)27-15(23)12-5-7-21(8-6-12)28(25,26)13-9-20(4)11(2)18-13/h9-10,12H,5-8H2,1-4H3,(H2,17,19,22,24). The number of aryl methyl sites for hydroxylation is 2. The summed E-state index contributed by atoms with van der Waals surface area (Å²) in [4.78, 5) is 39.2. The fourth-order valence-electron chi connectivity index (χ4n) is 2.71. The number of carbonyl (C=O) groups is 3. The van der Waals surface area contributed by atoms with E-state index in [0.29, 0.717) is 5.82 Å². The summed E-state index contributed by atoms with van der Waals surface area (Å²) in [6.07, 6.45) is 0.863. The zero-order chi connectivity index (χ0) is 21.1. The predicted molar refractivity (Wildman–Crippen MR) is 97.6 cm³/mol. The molecule has 0 saturated carbocycles. The van der Waals surface area contributed by atoms with Crippen molar-refractivity contribution in [1.29, 1.82) is 0 Å². The minimum atomic E-state index is -3.73. The van der Waals surface area contributed by atoms with Crippen LogP contribution in [0.5, 0.6) is 0 Å². The molecule has 0 bridgehead atoms. The van der Waals surface area contributed by atoms with E-state index in [-0.39, 0.29) is 31.0 Å². The van der Waals surface area contributed by atoms with E-state index < -0.39 is 40.0 Å². The topological polar surface area (TPSA) is 140 Å². The molecule has 28 heavy (non-hydrogen) atoms. The molecule has 0 radical (unpaired) electrons. The first kappa shape index (κ1) is 21.8. The molecule has 11 nitrogen and oxygen atoms in total. The molecule has 1 aromatic rings. The fourth-order valence-corrected chi connectivity index (χ4v) is 4.21. The number of imide groups is 1. The van der Waals surface area contributed by atoms with Crippen LogP contribution in [0.25, 0.3) is 0 Å². The molecule has 3 amide bonds. The summed E-state index contributed by atoms with van der Waals surface area (Å²) in [5.41, 5.74) is 0. The van der Waals surface area contributed by atoms with Gasteiger partial charge in [0.1, 0.15) is 5.82 Å². The number of sulfonamides is 1. The van der Waals surface area contributed by atoms with Gasteiger partial charge in [-0.25, -0.2) is 18.2 Å². The molecule has 1 fully saturated rings. The highest BCUT2D eigenvalue weighted by atomic mass is 32.2. The number of rotatable bonds is 5. The van der Waals surface area contributed by atoms with Gasteiger partial charge in [-0.15, -0.1) is 0 Å². The Morgan fingerprint density at radius 1 is 1.29 bits per heavy atom. The van der Waals surface area contributed by atoms with Gasteiger partial charge in [0.05, 0.1) is 5.92 Å². The van der Waals surface area contributed by atoms with Crippen molar-refractivity contribution >= 4 is 27.9 Å². The molecule has 1 saturated heterocycles. The number of hydrogen-bond acceptors (Lipinski definition) is 7. The lowest BCUT2D eigenvalue weighted by molar-refractivity contribution is -0.159. The van der Waals surface area contributed by atoms with Crippen LogP contribution in [0.15, 0.2) is 11.2 Å². The number of urea groups is 1. The summed E-state index contributed by atoms with van der Waals surface area (Å²) < 4.78 is 33.4. The molecule has 1 unspecified atom stereocenters. The van der Waals surface area contributed by atoms with Gasteiger partial charge in [-0.05, 0) is 26.7 Å². The van der Waals surface area contributed by atoms with Crippen LogP contribution >= 0.6 is 0 Å². The number of amides is 3. The van der Waals surface area contributed by atoms with Gasteiger partial charge in [-0.1, -0.05) is 0 Å². The van der Waals surface area contributed by atoms with Crippen molar-refractivity contribution in [3.63, 3.8) is 0 Å². The number of aromatic nitrogens is 2. The second-order valence-electron chi connectivity index (χ2n) is 6.56. The van der Waals surface area contributed by atoms with Crippen LogP contribution in [0.1, 0.15) is 25.6 Å². The minimum absolute atomic E-state index is 0.0204. The van der Waals surface area contributed by atoms with Gasteiger partial charge < -0.3 is 14.6 Å². The van der Waals surface area contributed by atoms with Gasteiger partial charge in [0.25, 0.3) is 15.9 Å². The van der Waals surface area contributed by atoms with E-state index in [1.165, 1.54) is 24.5 Å². The lowest BCUT2D eigenvalue weighted by Gasteiger charge is -2.29. The van der Waals surface area contributed by atoms with E-state index in [2.05, 4.69) is 10.3 Å². The Kier molecular flexibility index (Phi) is 6.77. The molecule has 12 heteroatoms. The summed E-state index contributed by atoms with van der Waals surface area (Å²) in [6.45, 7) is 3.37. The Labute approximate surface area is 163 Å². The monoisotopic (exact) mass is 415 g/mol. The smallest absolute Gasteiger partial charge is 0.321 e. The number of nitrogens with one attached hydrogen (secondary N) is 2. The van der Waals surface area contributed by atoms with E-state index in [1.54, 1.807) is 18.5 Å². The van der Waals surface area contributed by atoms with Crippen molar-refractivity contribution in [1.82, 2.24) is 24.5 Å². The highest BCUT2D eigenvalue weighted by molar-refractivity contribution is 7.89. The summed E-state index contributed by atoms with van der Waals surface area (Å²) in [5.74, 6) is -1.27. The lowest BCUT2D eigenvalue weighted by Crippen LogP contribution is -2.45. The van der Waals surface area contributed by atoms with Gasteiger partial charge in [-0.2, -0.15) is 4.31 Å². The molecule has 1 aliphatic rings. The number of esters is 1. The fraction of sp³-hybridized carbons (Fsp3) is 0.625. The van der Waals surface area contributed by atoms with Crippen LogP contribution in [0.3, 0.4) is 0 Å². The second-order valence-corrected chi connectivity index (χ2v) is 8.45. The molecule has 2 N–H and O–H groups in total. The maximum Gasteiger partial charge on any atom is 0.321 e. The molecule has 2 rings (SSSR count). The van der Waals surface area contributed by atoms with Gasteiger partial charge >= 0.3 is 12.0 Å². The number of piperidine rings is 1. The molecular formula is C16H25N5O6S. The highest BCUT2D eigenvalue weighted by Gasteiger charge is 2.35. The van der Waals surface area contributed by atoms with E-state index >= 15 is 0 Å². The van der Waals surface area contributed by atoms with E-state index in [0.717, 1.165) is 0 Å². The van der Waals surface area contributed by atoms with Crippen molar-refractivity contribution in [3.8, 4) is 0 Å². The Morgan fingerprint density at radius 2 is 1.89 bits per heavy atom. The summed E-state index contributed by atoms with van der Waals surface area (Å²) in [6, 6.07) is -0.698. The van der Waals surface area contributed by atoms with Crippen LogP contribution in [-0.4, -0.2) is 66.4 Å². The highest BCUT2D eigenvalue weighted by Crippen LogP contribution is 2.24. The van der Waals surface area contributed by atoms with Crippen molar-refractivity contribution < 1.29 is 27.5 Å². The van der Waals surface area contributed by atoms with Gasteiger partial charge in [-0.3, -0.25) is 14.9 Å². The molecule has 0 aromatic carbocycles. The zero-order valence-corrected chi connectivity index (χ0v) is 17.1. The van der Waals surface area contributed by atoms with E-state index in [1.807, 2.05) is 5.32 Å². The van der Waals surface area contributed by atoms with E-state index in [4.69, 9.17) is 4.74 Å². The predicted octanol–water partition coefficient (Wildman–Crippen LogP) is -0.483. The minimum Gasteiger partial charge on any atom is -0.452 e. The van der Waals surface area contributed by atoms with Crippen LogP contribution in [0.2, 0.25) is 0 Å². The van der Waals surface area contributed by atoms with Crippen LogP contribution in [0.4, 0.5) is 4.79 Å². The quantitative estimate of drug-likeness (QED) is 0.619. The Morgan fingerprint density at radius 3 is 2.39 bits per heavy atom. The first-order valence-electron chi connectivity index (χ1n) is 8.79. The number of ether oxygens (including phenoxy) is 1. The molecule has 1 aliphatic heterocycles. The summed E-state index contributed by atoms with van der Waals surface area (Å²) in [7, 11) is -0.657. The van der Waals surface area contributed by atoms with Crippen LogP contribution in [0, 0.1) is 12.8 Å². The zero-order valence-electron chi connectivity index (χ0n) is 16.3. The third kappa shape index (κ3) is 4.87. The number of nitrogens with zero attached hydrogens (tertiary/aromatic N) is 3. The molecule has 1 atom stereocenters. The Hall–Kier alpha value is -2.47. The maximum atomic E-state index is 12.7. The van der Waals surface area contributed by atoms with Gasteiger partial charge in [0, 0.05) is 33.4 Å². The normalized spacial score (nSPS) is 17.0. The van der Waals surface area contributed by atoms with Crippen LogP contribution in [-0.2, 0) is 31.4 Å². The van der Waals surface area contributed by atoms with Crippen molar-refractivity contribution in [2.24, 2.45) is 13.0 Å². The maximum absolute atomic E-state index is 12.7. The SMILES string of the molecule is CNC(=O)NC(=O)C(C)OC(=O)C1CCN(S(=O)(=O)c2cn(C)c(C)n2)CC1. The third-order valence-electron chi connectivity index (χ3n) is 4.60. The Balaban J connectivity index is 1.91.